The molecule has 59 heavy (non-hydrogen) atoms. The number of unbranched alkanes of at least 4 members (excludes halogenated alkanes) is 3. The van der Waals surface area contributed by atoms with E-state index < -0.39 is 70.9 Å². The van der Waals surface area contributed by atoms with Gasteiger partial charge in [0.1, 0.15) is 29.7 Å². The molecule has 0 bridgehead atoms. The molecular formula is C40H56F3N7O8S. The van der Waals surface area contributed by atoms with E-state index in [0.29, 0.717) is 64.4 Å². The molecule has 7 unspecified atom stereocenters. The molecule has 1 aromatic carbocycles. The van der Waals surface area contributed by atoms with Crippen LogP contribution in [-0.2, 0) is 28.7 Å². The third-order valence-electron chi connectivity index (χ3n) is 11.3. The normalized spacial score (nSPS) is 22.5. The fraction of sp³-hybridized carbons (Fsp3) is 0.650. The number of ether oxygens (including phenoxy) is 2. The third-order valence-corrected chi connectivity index (χ3v) is 12.6. The molecule has 19 heteroatoms. The highest BCUT2D eigenvalue weighted by molar-refractivity contribution is 8.00. The lowest BCUT2D eigenvalue weighted by molar-refractivity contribution is -0.143. The first kappa shape index (κ1) is 45.7. The third kappa shape index (κ3) is 13.1. The second kappa shape index (κ2) is 22.3. The predicted octanol–water partition coefficient (Wildman–Crippen LogP) is 3.96. The number of hydrogen-bond donors (Lipinski definition) is 6. The van der Waals surface area contributed by atoms with E-state index in [2.05, 4.69) is 31.2 Å². The van der Waals surface area contributed by atoms with Gasteiger partial charge >= 0.3 is 12.1 Å². The van der Waals surface area contributed by atoms with Crippen molar-refractivity contribution in [2.75, 3.05) is 58.3 Å². The summed E-state index contributed by atoms with van der Waals surface area (Å²) in [6.07, 6.45) is 3.75. The number of hydrogen-bond acceptors (Lipinski definition) is 10. The Balaban J connectivity index is 1.09. The van der Waals surface area contributed by atoms with Crippen LogP contribution in [0.5, 0.6) is 0 Å². The van der Waals surface area contributed by atoms with E-state index in [1.54, 1.807) is 18.7 Å². The van der Waals surface area contributed by atoms with Crippen LogP contribution < -0.4 is 21.3 Å². The van der Waals surface area contributed by atoms with Crippen LogP contribution in [0.25, 0.3) is 11.3 Å². The summed E-state index contributed by atoms with van der Waals surface area (Å²) in [4.78, 5) is 71.9. The number of aliphatic carboxylic acids is 1. The van der Waals surface area contributed by atoms with Gasteiger partial charge in [-0.15, -0.1) is 11.8 Å². The van der Waals surface area contributed by atoms with Crippen LogP contribution in [0.4, 0.5) is 18.0 Å². The second-order valence-corrected chi connectivity index (χ2v) is 16.8. The number of carboxylic acids is 1. The van der Waals surface area contributed by atoms with Crippen molar-refractivity contribution in [1.82, 2.24) is 36.1 Å². The van der Waals surface area contributed by atoms with Gasteiger partial charge in [0.2, 0.25) is 17.7 Å². The van der Waals surface area contributed by atoms with Gasteiger partial charge in [-0.3, -0.25) is 14.4 Å². The van der Waals surface area contributed by atoms with E-state index in [0.717, 1.165) is 42.8 Å². The number of nitrogens with one attached hydrogen (secondary N) is 5. The molecule has 6 N–H and O–H groups in total. The number of H-pyrrole nitrogens is 1. The molecule has 1 aromatic heterocycles. The fourth-order valence-corrected chi connectivity index (χ4v) is 8.65. The highest BCUT2D eigenvalue weighted by Crippen LogP contribution is 2.38. The zero-order chi connectivity index (χ0) is 42.5. The van der Waals surface area contributed by atoms with Crippen molar-refractivity contribution in [3.63, 3.8) is 0 Å². The molecule has 4 amide bonds. The van der Waals surface area contributed by atoms with Crippen LogP contribution in [0.3, 0.4) is 0 Å². The SMILES string of the molecule is CC(COC(=O)NCCCCCCNC(=O)CC1SCC(C(=O)O)NC1=O)C(C)C(=O)N(CC1CNCC1F)C(c1ncc(-c2cc(F)ccc2F)[nH]1)C1CCOCC1. The zero-order valence-electron chi connectivity index (χ0n) is 33.5. The second-order valence-electron chi connectivity index (χ2n) is 15.6. The minimum Gasteiger partial charge on any atom is -0.480 e. The minimum absolute atomic E-state index is 0.00104. The number of nitrogens with zero attached hydrogens (tertiary/aromatic N) is 2. The lowest BCUT2D eigenvalue weighted by atomic mass is 9.87. The first-order valence-corrected chi connectivity index (χ1v) is 21.4. The van der Waals surface area contributed by atoms with Gasteiger partial charge < -0.3 is 45.7 Å². The molecule has 0 radical (unpaired) electrons. The molecule has 0 saturated carbocycles. The van der Waals surface area contributed by atoms with E-state index in [-0.39, 0.29) is 60.9 Å². The first-order chi connectivity index (χ1) is 28.3. The number of amides is 4. The number of alkyl carbamates (subject to hydrolysis) is 1. The van der Waals surface area contributed by atoms with Gasteiger partial charge in [-0.2, -0.15) is 0 Å². The fourth-order valence-electron chi connectivity index (χ4n) is 7.51. The Morgan fingerprint density at radius 2 is 1.80 bits per heavy atom. The van der Waals surface area contributed by atoms with Crippen molar-refractivity contribution < 1.29 is 51.7 Å². The zero-order valence-corrected chi connectivity index (χ0v) is 34.3. The van der Waals surface area contributed by atoms with Gasteiger partial charge in [0.05, 0.1) is 29.8 Å². The maximum atomic E-state index is 15.1. The molecule has 0 spiro atoms. The van der Waals surface area contributed by atoms with Crippen molar-refractivity contribution in [2.24, 2.45) is 23.7 Å². The lowest BCUT2D eigenvalue weighted by Crippen LogP contribution is -2.51. The van der Waals surface area contributed by atoms with Gasteiger partial charge in [-0.05, 0) is 49.8 Å². The maximum Gasteiger partial charge on any atom is 0.407 e. The maximum absolute atomic E-state index is 15.1. The number of halogens is 3. The lowest BCUT2D eigenvalue weighted by Gasteiger charge is -2.41. The van der Waals surface area contributed by atoms with Crippen LogP contribution in [-0.4, -0.2) is 126 Å². The summed E-state index contributed by atoms with van der Waals surface area (Å²) in [7, 11) is 0. The van der Waals surface area contributed by atoms with Gasteiger partial charge in [0, 0.05) is 81.4 Å². The number of imidazole rings is 1. The van der Waals surface area contributed by atoms with E-state index in [4.69, 9.17) is 14.6 Å². The van der Waals surface area contributed by atoms with Gasteiger partial charge in [0.25, 0.3) is 0 Å². The number of carboxylic acid groups (broad SMARTS) is 1. The molecule has 0 aliphatic carbocycles. The van der Waals surface area contributed by atoms with Crippen LogP contribution in [0.2, 0.25) is 0 Å². The Hall–Kier alpha value is -4.36. The van der Waals surface area contributed by atoms with E-state index in [1.165, 1.54) is 6.20 Å². The average Bonchev–Trinajstić information content (AvgIpc) is 3.87. The van der Waals surface area contributed by atoms with Gasteiger partial charge in [-0.25, -0.2) is 27.7 Å². The quantitative estimate of drug-likeness (QED) is 0.105. The molecule has 7 atom stereocenters. The number of rotatable bonds is 20. The highest BCUT2D eigenvalue weighted by Gasteiger charge is 2.41. The minimum atomic E-state index is -1.17. The number of benzene rings is 1. The number of alkyl halides is 1. The molecular weight excluding hydrogens is 796 g/mol. The number of carbonyl (C=O) groups is 5. The van der Waals surface area contributed by atoms with Crippen LogP contribution in [0.1, 0.15) is 70.7 Å². The van der Waals surface area contributed by atoms with Crippen molar-refractivity contribution in [3.8, 4) is 11.3 Å². The Bertz CT molecular complexity index is 1750. The molecule has 326 valence electrons. The summed E-state index contributed by atoms with van der Waals surface area (Å²) in [5, 5.41) is 19.4. The Morgan fingerprint density at radius 1 is 1.07 bits per heavy atom. The Kier molecular flexibility index (Phi) is 17.3. The van der Waals surface area contributed by atoms with Gasteiger partial charge in [0.15, 0.2) is 0 Å². The van der Waals surface area contributed by atoms with Gasteiger partial charge in [-0.1, -0.05) is 26.7 Å². The van der Waals surface area contributed by atoms with E-state index in [1.807, 2.05) is 0 Å². The largest absolute Gasteiger partial charge is 0.480 e. The van der Waals surface area contributed by atoms with Crippen molar-refractivity contribution in [2.45, 2.75) is 82.3 Å². The number of thioether (sulfide) groups is 1. The molecule has 5 rings (SSSR count). The number of aromatic amines is 1. The van der Waals surface area contributed by atoms with E-state index >= 15 is 4.39 Å². The molecule has 3 aliphatic rings. The smallest absolute Gasteiger partial charge is 0.407 e. The van der Waals surface area contributed by atoms with Crippen LogP contribution in [0, 0.1) is 35.3 Å². The Labute approximate surface area is 346 Å². The number of aromatic nitrogens is 2. The van der Waals surface area contributed by atoms with Crippen molar-refractivity contribution >= 4 is 41.5 Å². The molecule has 2 aromatic rings. The van der Waals surface area contributed by atoms with Crippen LogP contribution in [0.15, 0.2) is 24.4 Å². The molecule has 3 saturated heterocycles. The summed E-state index contributed by atoms with van der Waals surface area (Å²) >= 11 is 1.16. The first-order valence-electron chi connectivity index (χ1n) is 20.4. The topological polar surface area (TPSA) is 204 Å². The summed E-state index contributed by atoms with van der Waals surface area (Å²) in [5.41, 5.74) is 0.249. The summed E-state index contributed by atoms with van der Waals surface area (Å²) in [6, 6.07) is 1.56. The summed E-state index contributed by atoms with van der Waals surface area (Å²) in [5.74, 6) is -4.42. The molecule has 3 fully saturated rings. The molecule has 15 nitrogen and oxygen atoms in total. The average molecular weight is 852 g/mol. The number of carbonyl (C=O) groups excluding carboxylic acids is 4. The Morgan fingerprint density at radius 3 is 2.47 bits per heavy atom. The summed E-state index contributed by atoms with van der Waals surface area (Å²) < 4.78 is 55.1. The van der Waals surface area contributed by atoms with Crippen LogP contribution >= 0.6 is 11.8 Å². The highest BCUT2D eigenvalue weighted by atomic mass is 32.2. The van der Waals surface area contributed by atoms with Crippen molar-refractivity contribution in [1.29, 1.82) is 0 Å². The van der Waals surface area contributed by atoms with E-state index in [9.17, 15) is 32.8 Å². The molecule has 3 aliphatic heterocycles. The molecule has 4 heterocycles. The van der Waals surface area contributed by atoms with Crippen molar-refractivity contribution in [3.05, 3.63) is 41.9 Å². The monoisotopic (exact) mass is 851 g/mol. The summed E-state index contributed by atoms with van der Waals surface area (Å²) in [6.45, 7) is 5.88. The predicted molar refractivity (Wildman–Crippen MR) is 213 cm³/mol. The standard InChI is InChI=1S/C40H56F3N7O8S/c1-23(21-58-40(56)46-12-6-4-3-5-11-45-34(51)16-33-37(52)49-32(22-59-33)39(54)55)24(2)38(53)50(20-26-17-44-18-30(26)43)35(25-9-13-57-14-10-25)36-47-19-31(48-36)28-15-27(41)7-8-29(28)42/h7-8,15,19,23-26,30,32-33,35,44H,3-6,9-14,16-18,20-22H2,1-2H3,(H,45,51)(H,46,56)(H,47,48)(H,49,52)(H,54,55).